The third-order valence-electron chi connectivity index (χ3n) is 4.82. The van der Waals surface area contributed by atoms with Gasteiger partial charge in [0, 0.05) is 6.54 Å². The van der Waals surface area contributed by atoms with Crippen LogP contribution >= 0.6 is 0 Å². The molecular weight excluding hydrogens is 336 g/mol. The highest BCUT2D eigenvalue weighted by molar-refractivity contribution is 5.86. The molecule has 0 saturated carbocycles. The van der Waals surface area contributed by atoms with Gasteiger partial charge in [-0.05, 0) is 48.1 Å². The van der Waals surface area contributed by atoms with E-state index in [1.54, 1.807) is 7.11 Å². The average Bonchev–Trinajstić information content (AvgIpc) is 2.68. The highest BCUT2D eigenvalue weighted by atomic mass is 16.5. The van der Waals surface area contributed by atoms with Crippen molar-refractivity contribution < 1.29 is 9.53 Å². The number of methoxy groups -OCH3 is 1. The molecule has 0 heterocycles. The number of carbonyl (C=O) groups excluding carboxylic acids is 1. The Balaban J connectivity index is 1.70. The van der Waals surface area contributed by atoms with Crippen LogP contribution in [0, 0.1) is 0 Å². The Morgan fingerprint density at radius 1 is 1.00 bits per heavy atom. The topological polar surface area (TPSA) is 41.6 Å². The SMILES string of the molecule is COc1ccc(CC(=O)NCC(c2cccc3ccccc23)N(C)C)cc1. The van der Waals surface area contributed by atoms with Crippen molar-refractivity contribution in [2.45, 2.75) is 12.5 Å². The summed E-state index contributed by atoms with van der Waals surface area (Å²) in [6, 6.07) is 22.4. The number of nitrogens with zero attached hydrogens (tertiary/aromatic N) is 1. The Bertz CT molecular complexity index is 898. The van der Waals surface area contributed by atoms with Crippen molar-refractivity contribution in [3.05, 3.63) is 77.9 Å². The Morgan fingerprint density at radius 3 is 2.41 bits per heavy atom. The molecule has 4 heteroatoms. The van der Waals surface area contributed by atoms with E-state index in [-0.39, 0.29) is 11.9 Å². The first kappa shape index (κ1) is 18.9. The van der Waals surface area contributed by atoms with Crippen LogP contribution in [0.2, 0.25) is 0 Å². The molecule has 1 atom stereocenters. The third-order valence-corrected chi connectivity index (χ3v) is 4.82. The number of amides is 1. The quantitative estimate of drug-likeness (QED) is 0.695. The number of ether oxygens (including phenoxy) is 1. The standard InChI is InChI=1S/C23H26N2O2/c1-25(2)22(21-10-6-8-18-7-4-5-9-20(18)21)16-24-23(26)15-17-11-13-19(27-3)14-12-17/h4-14,22H,15-16H2,1-3H3,(H,24,26). The molecule has 27 heavy (non-hydrogen) atoms. The Labute approximate surface area is 160 Å². The molecule has 1 amide bonds. The van der Waals surface area contributed by atoms with E-state index < -0.39 is 0 Å². The van der Waals surface area contributed by atoms with Crippen LogP contribution in [0.15, 0.2) is 66.7 Å². The summed E-state index contributed by atoms with van der Waals surface area (Å²) in [7, 11) is 5.72. The van der Waals surface area contributed by atoms with Gasteiger partial charge in [0.1, 0.15) is 5.75 Å². The maximum Gasteiger partial charge on any atom is 0.224 e. The van der Waals surface area contributed by atoms with Gasteiger partial charge in [-0.1, -0.05) is 54.6 Å². The predicted octanol–water partition coefficient (Wildman–Crippen LogP) is 3.81. The zero-order valence-electron chi connectivity index (χ0n) is 16.1. The van der Waals surface area contributed by atoms with Crippen LogP contribution < -0.4 is 10.1 Å². The van der Waals surface area contributed by atoms with E-state index in [1.165, 1.54) is 16.3 Å². The van der Waals surface area contributed by atoms with Gasteiger partial charge in [0.25, 0.3) is 0 Å². The minimum Gasteiger partial charge on any atom is -0.497 e. The Hall–Kier alpha value is -2.85. The van der Waals surface area contributed by atoms with Crippen molar-refractivity contribution in [3.63, 3.8) is 0 Å². The second kappa shape index (κ2) is 8.69. The smallest absolute Gasteiger partial charge is 0.224 e. The van der Waals surface area contributed by atoms with Crippen molar-refractivity contribution in [2.24, 2.45) is 0 Å². The van der Waals surface area contributed by atoms with E-state index in [4.69, 9.17) is 4.74 Å². The van der Waals surface area contributed by atoms with E-state index >= 15 is 0 Å². The van der Waals surface area contributed by atoms with Crippen LogP contribution in [0.1, 0.15) is 17.2 Å². The van der Waals surface area contributed by atoms with Gasteiger partial charge in [-0.2, -0.15) is 0 Å². The molecule has 0 aromatic heterocycles. The molecule has 0 bridgehead atoms. The number of fused-ring (bicyclic) bond motifs is 1. The molecule has 4 nitrogen and oxygen atoms in total. The lowest BCUT2D eigenvalue weighted by Gasteiger charge is -2.26. The van der Waals surface area contributed by atoms with Gasteiger partial charge in [0.15, 0.2) is 0 Å². The minimum absolute atomic E-state index is 0.0206. The van der Waals surface area contributed by atoms with Gasteiger partial charge in [-0.25, -0.2) is 0 Å². The normalized spacial score (nSPS) is 12.1. The van der Waals surface area contributed by atoms with Gasteiger partial charge >= 0.3 is 0 Å². The summed E-state index contributed by atoms with van der Waals surface area (Å²) in [6.45, 7) is 0.565. The zero-order valence-corrected chi connectivity index (χ0v) is 16.1. The molecule has 3 aromatic rings. The number of rotatable bonds is 7. The second-order valence-corrected chi connectivity index (χ2v) is 6.88. The van der Waals surface area contributed by atoms with Crippen molar-refractivity contribution in [2.75, 3.05) is 27.7 Å². The number of hydrogen-bond donors (Lipinski definition) is 1. The van der Waals surface area contributed by atoms with Crippen molar-refractivity contribution in [1.29, 1.82) is 0 Å². The summed E-state index contributed by atoms with van der Waals surface area (Å²) >= 11 is 0. The summed E-state index contributed by atoms with van der Waals surface area (Å²) < 4.78 is 5.16. The van der Waals surface area contributed by atoms with Crippen LogP contribution in [0.5, 0.6) is 5.75 Å². The average molecular weight is 362 g/mol. The molecule has 0 aliphatic carbocycles. The van der Waals surface area contributed by atoms with E-state index in [0.29, 0.717) is 13.0 Å². The largest absolute Gasteiger partial charge is 0.497 e. The summed E-state index contributed by atoms with van der Waals surface area (Å²) in [5.74, 6) is 0.815. The van der Waals surface area contributed by atoms with Gasteiger partial charge in [0.05, 0.1) is 19.6 Å². The number of likely N-dealkylation sites (N-methyl/N-ethyl adjacent to an activating group) is 1. The van der Waals surface area contributed by atoms with Gasteiger partial charge < -0.3 is 15.0 Å². The van der Waals surface area contributed by atoms with Crippen LogP contribution in [0.4, 0.5) is 0 Å². The molecule has 140 valence electrons. The van der Waals surface area contributed by atoms with E-state index in [2.05, 4.69) is 46.6 Å². The fraction of sp³-hybridized carbons (Fsp3) is 0.261. The number of benzene rings is 3. The Morgan fingerprint density at radius 2 is 1.70 bits per heavy atom. The molecule has 0 radical (unpaired) electrons. The first-order chi connectivity index (χ1) is 13.1. The number of hydrogen-bond acceptors (Lipinski definition) is 3. The highest BCUT2D eigenvalue weighted by Crippen LogP contribution is 2.26. The lowest BCUT2D eigenvalue weighted by molar-refractivity contribution is -0.120. The molecule has 1 unspecified atom stereocenters. The van der Waals surface area contributed by atoms with E-state index in [9.17, 15) is 4.79 Å². The molecule has 0 aliphatic heterocycles. The van der Waals surface area contributed by atoms with Gasteiger partial charge in [-0.15, -0.1) is 0 Å². The zero-order chi connectivity index (χ0) is 19.2. The van der Waals surface area contributed by atoms with Gasteiger partial charge in [-0.3, -0.25) is 4.79 Å². The summed E-state index contributed by atoms with van der Waals surface area (Å²) in [6.07, 6.45) is 0.361. The molecule has 3 aromatic carbocycles. The molecule has 0 aliphatic rings. The maximum atomic E-state index is 12.4. The van der Waals surface area contributed by atoms with Gasteiger partial charge in [0.2, 0.25) is 5.91 Å². The van der Waals surface area contributed by atoms with Crippen LogP contribution in [0.25, 0.3) is 10.8 Å². The fourth-order valence-electron chi connectivity index (χ4n) is 3.31. The Kier molecular flexibility index (Phi) is 6.09. The molecule has 0 saturated heterocycles. The summed E-state index contributed by atoms with van der Waals surface area (Å²) in [4.78, 5) is 14.6. The summed E-state index contributed by atoms with van der Waals surface area (Å²) in [5.41, 5.74) is 2.20. The minimum atomic E-state index is 0.0206. The molecule has 3 rings (SSSR count). The summed E-state index contributed by atoms with van der Waals surface area (Å²) in [5, 5.41) is 5.53. The molecule has 0 fully saturated rings. The lowest BCUT2D eigenvalue weighted by atomic mass is 9.98. The first-order valence-electron chi connectivity index (χ1n) is 9.12. The monoisotopic (exact) mass is 362 g/mol. The van der Waals surface area contributed by atoms with Crippen molar-refractivity contribution in [3.8, 4) is 5.75 Å². The van der Waals surface area contributed by atoms with E-state index in [1.807, 2.05) is 44.4 Å². The van der Waals surface area contributed by atoms with Crippen molar-refractivity contribution >= 4 is 16.7 Å². The fourth-order valence-corrected chi connectivity index (χ4v) is 3.31. The maximum absolute atomic E-state index is 12.4. The van der Waals surface area contributed by atoms with Crippen LogP contribution in [-0.4, -0.2) is 38.6 Å². The van der Waals surface area contributed by atoms with Crippen molar-refractivity contribution in [1.82, 2.24) is 10.2 Å². The lowest BCUT2D eigenvalue weighted by Crippen LogP contribution is -2.35. The number of carbonyl (C=O) groups is 1. The molecule has 0 spiro atoms. The van der Waals surface area contributed by atoms with E-state index in [0.717, 1.165) is 11.3 Å². The number of nitrogens with one attached hydrogen (secondary N) is 1. The first-order valence-corrected chi connectivity index (χ1v) is 9.12. The second-order valence-electron chi connectivity index (χ2n) is 6.88. The highest BCUT2D eigenvalue weighted by Gasteiger charge is 2.17. The van der Waals surface area contributed by atoms with Crippen LogP contribution in [0.3, 0.4) is 0 Å². The molecule has 1 N–H and O–H groups in total. The predicted molar refractivity (Wildman–Crippen MR) is 110 cm³/mol. The third kappa shape index (κ3) is 4.66. The molecular formula is C23H26N2O2. The van der Waals surface area contributed by atoms with Crippen LogP contribution in [-0.2, 0) is 11.2 Å².